The maximum atomic E-state index is 13.6. The Balaban J connectivity index is 2.00. The highest BCUT2D eigenvalue weighted by atomic mass is 16.5. The fourth-order valence-corrected chi connectivity index (χ4v) is 3.93. The van der Waals surface area contributed by atoms with Crippen LogP contribution >= 0.6 is 0 Å². The van der Waals surface area contributed by atoms with Gasteiger partial charge in [0.15, 0.2) is 23.0 Å². The molecule has 0 saturated heterocycles. The number of nitrogens with two attached hydrogens (primary N) is 1. The van der Waals surface area contributed by atoms with Gasteiger partial charge in [-0.3, -0.25) is 14.7 Å². The van der Waals surface area contributed by atoms with Crippen LogP contribution in [0.1, 0.15) is 11.1 Å². The van der Waals surface area contributed by atoms with E-state index in [1.54, 1.807) is 31.6 Å². The molecule has 0 bridgehead atoms. The molecule has 1 aliphatic rings. The molecular formula is C24H24N4O4. The van der Waals surface area contributed by atoms with E-state index in [1.807, 2.05) is 36.4 Å². The lowest BCUT2D eigenvalue weighted by atomic mass is 9.81. The molecule has 8 heteroatoms. The number of nitrogens with zero attached hydrogens (tertiary/aromatic N) is 3. The quantitative estimate of drug-likeness (QED) is 0.643. The molecule has 0 fully saturated rings. The molecule has 0 spiro atoms. The van der Waals surface area contributed by atoms with Crippen molar-refractivity contribution in [1.29, 1.82) is 0 Å². The first-order valence-corrected chi connectivity index (χ1v) is 9.91. The predicted molar refractivity (Wildman–Crippen MR) is 121 cm³/mol. The van der Waals surface area contributed by atoms with Crippen LogP contribution in [0, 0.1) is 0 Å². The molecule has 164 valence electrons. The number of pyridine rings is 1. The van der Waals surface area contributed by atoms with Crippen molar-refractivity contribution < 1.29 is 19.0 Å². The third kappa shape index (κ3) is 3.20. The summed E-state index contributed by atoms with van der Waals surface area (Å²) in [6.45, 7) is 0. The van der Waals surface area contributed by atoms with Crippen LogP contribution in [-0.4, -0.2) is 50.1 Å². The van der Waals surface area contributed by atoms with E-state index in [0.717, 1.165) is 11.1 Å². The summed E-state index contributed by atoms with van der Waals surface area (Å²) in [5, 5.41) is 0. The Morgan fingerprint density at radius 1 is 0.906 bits per heavy atom. The summed E-state index contributed by atoms with van der Waals surface area (Å²) in [6, 6.07) is 14.9. The molecule has 0 radical (unpaired) electrons. The number of hydrogen-bond acceptors (Lipinski definition) is 7. The van der Waals surface area contributed by atoms with E-state index in [2.05, 4.69) is 9.98 Å². The van der Waals surface area contributed by atoms with Crippen molar-refractivity contribution in [2.45, 2.75) is 5.54 Å². The van der Waals surface area contributed by atoms with E-state index in [-0.39, 0.29) is 11.9 Å². The van der Waals surface area contributed by atoms with Crippen molar-refractivity contribution in [2.24, 2.45) is 10.7 Å². The van der Waals surface area contributed by atoms with Crippen molar-refractivity contribution in [3.8, 4) is 28.4 Å². The maximum absolute atomic E-state index is 13.6. The van der Waals surface area contributed by atoms with Crippen molar-refractivity contribution in [1.82, 2.24) is 9.88 Å². The Kier molecular flexibility index (Phi) is 5.44. The second kappa shape index (κ2) is 8.22. The summed E-state index contributed by atoms with van der Waals surface area (Å²) < 4.78 is 16.5. The molecule has 1 unspecified atom stereocenters. The van der Waals surface area contributed by atoms with Crippen LogP contribution in [0.5, 0.6) is 17.2 Å². The summed E-state index contributed by atoms with van der Waals surface area (Å²) in [7, 11) is 6.18. The van der Waals surface area contributed by atoms with Crippen molar-refractivity contribution in [3.63, 3.8) is 0 Å². The van der Waals surface area contributed by atoms with Gasteiger partial charge in [-0.2, -0.15) is 0 Å². The number of hydrogen-bond donors (Lipinski definition) is 1. The van der Waals surface area contributed by atoms with Crippen LogP contribution in [0.3, 0.4) is 0 Å². The molecule has 0 saturated carbocycles. The van der Waals surface area contributed by atoms with Crippen LogP contribution in [0.15, 0.2) is 65.9 Å². The predicted octanol–water partition coefficient (Wildman–Crippen LogP) is 2.80. The zero-order valence-electron chi connectivity index (χ0n) is 18.3. The Hall–Kier alpha value is -4.07. The fourth-order valence-electron chi connectivity index (χ4n) is 3.93. The summed E-state index contributed by atoms with van der Waals surface area (Å²) >= 11 is 0. The van der Waals surface area contributed by atoms with Gasteiger partial charge in [-0.1, -0.05) is 24.3 Å². The Morgan fingerprint density at radius 3 is 2.12 bits per heavy atom. The van der Waals surface area contributed by atoms with Crippen molar-refractivity contribution in [3.05, 3.63) is 72.1 Å². The summed E-state index contributed by atoms with van der Waals surface area (Å²) in [6.07, 6.45) is 3.48. The number of methoxy groups -OCH3 is 3. The molecule has 1 aliphatic heterocycles. The standard InChI is InChI=1S/C24H24N4O4/c1-28-22(29)24(27-23(28)25,18-12-19(30-2)21(32-4)20(13-18)31-3)17-9-5-7-15(11-17)16-8-6-10-26-14-16/h5-14H,1-4H3,(H2,25,27). The zero-order chi connectivity index (χ0) is 22.9. The van der Waals surface area contributed by atoms with E-state index in [0.29, 0.717) is 28.4 Å². The lowest BCUT2D eigenvalue weighted by Crippen LogP contribution is -2.41. The van der Waals surface area contributed by atoms with E-state index in [4.69, 9.17) is 19.9 Å². The monoisotopic (exact) mass is 432 g/mol. The minimum absolute atomic E-state index is 0.121. The second-order valence-corrected chi connectivity index (χ2v) is 7.28. The second-order valence-electron chi connectivity index (χ2n) is 7.28. The summed E-state index contributed by atoms with van der Waals surface area (Å²) in [4.78, 5) is 23.9. The highest BCUT2D eigenvalue weighted by Gasteiger charge is 2.50. The van der Waals surface area contributed by atoms with E-state index >= 15 is 0 Å². The van der Waals surface area contributed by atoms with E-state index in [1.165, 1.54) is 26.2 Å². The number of carbonyl (C=O) groups is 1. The first kappa shape index (κ1) is 21.2. The van der Waals surface area contributed by atoms with Crippen LogP contribution in [-0.2, 0) is 10.3 Å². The topological polar surface area (TPSA) is 99.3 Å². The molecule has 1 atom stereocenters. The van der Waals surface area contributed by atoms with E-state index < -0.39 is 5.54 Å². The summed E-state index contributed by atoms with van der Waals surface area (Å²) in [5.41, 5.74) is 7.74. The van der Waals surface area contributed by atoms with Crippen LogP contribution in [0.25, 0.3) is 11.1 Å². The smallest absolute Gasteiger partial charge is 0.266 e. The van der Waals surface area contributed by atoms with Crippen molar-refractivity contribution in [2.75, 3.05) is 28.4 Å². The van der Waals surface area contributed by atoms with Gasteiger partial charge in [-0.25, -0.2) is 4.99 Å². The third-order valence-electron chi connectivity index (χ3n) is 5.60. The van der Waals surface area contributed by atoms with Crippen LogP contribution < -0.4 is 19.9 Å². The molecule has 4 rings (SSSR count). The van der Waals surface area contributed by atoms with Crippen LogP contribution in [0.2, 0.25) is 0 Å². The molecule has 32 heavy (non-hydrogen) atoms. The maximum Gasteiger partial charge on any atom is 0.266 e. The average Bonchev–Trinajstić information content (AvgIpc) is 3.08. The largest absolute Gasteiger partial charge is 0.493 e. The molecular weight excluding hydrogens is 408 g/mol. The number of guanidine groups is 1. The van der Waals surface area contributed by atoms with Gasteiger partial charge in [0.1, 0.15) is 0 Å². The first-order valence-electron chi connectivity index (χ1n) is 9.91. The molecule has 2 aromatic carbocycles. The number of benzene rings is 2. The van der Waals surface area contributed by atoms with Crippen LogP contribution in [0.4, 0.5) is 0 Å². The minimum Gasteiger partial charge on any atom is -0.493 e. The molecule has 8 nitrogen and oxygen atoms in total. The van der Waals surface area contributed by atoms with Gasteiger partial charge in [0, 0.05) is 25.0 Å². The van der Waals surface area contributed by atoms with Gasteiger partial charge >= 0.3 is 0 Å². The molecule has 1 aromatic heterocycles. The van der Waals surface area contributed by atoms with Gasteiger partial charge in [0.05, 0.1) is 21.3 Å². The van der Waals surface area contributed by atoms with Gasteiger partial charge in [0.25, 0.3) is 5.91 Å². The Bertz CT molecular complexity index is 1170. The number of ether oxygens (including phenoxy) is 3. The fraction of sp³-hybridized carbons (Fsp3) is 0.208. The molecule has 0 aliphatic carbocycles. The number of rotatable bonds is 6. The normalized spacial score (nSPS) is 17.8. The van der Waals surface area contributed by atoms with Crippen molar-refractivity contribution >= 4 is 11.9 Å². The Labute approximate surface area is 186 Å². The number of aliphatic imine (C=N–C) groups is 1. The summed E-state index contributed by atoms with van der Waals surface area (Å²) in [5.74, 6) is 1.10. The highest BCUT2D eigenvalue weighted by Crippen LogP contribution is 2.46. The van der Waals surface area contributed by atoms with Gasteiger partial charge in [0.2, 0.25) is 5.75 Å². The van der Waals surface area contributed by atoms with Gasteiger partial charge < -0.3 is 19.9 Å². The molecule has 2 heterocycles. The lowest BCUT2D eigenvalue weighted by Gasteiger charge is -2.28. The third-order valence-corrected chi connectivity index (χ3v) is 5.60. The molecule has 2 N–H and O–H groups in total. The number of likely N-dealkylation sites (N-methyl/N-ethyl adjacent to an activating group) is 1. The van der Waals surface area contributed by atoms with E-state index in [9.17, 15) is 4.79 Å². The van der Waals surface area contributed by atoms with Gasteiger partial charge in [-0.15, -0.1) is 0 Å². The lowest BCUT2D eigenvalue weighted by molar-refractivity contribution is -0.129. The average molecular weight is 432 g/mol. The molecule has 1 amide bonds. The number of aromatic nitrogens is 1. The zero-order valence-corrected chi connectivity index (χ0v) is 18.3. The minimum atomic E-state index is -1.41. The molecule has 3 aromatic rings. The number of carbonyl (C=O) groups excluding carboxylic acids is 1. The SMILES string of the molecule is COc1cc(C2(c3cccc(-c4cccnc4)c3)N=C(N)N(C)C2=O)cc(OC)c1OC. The highest BCUT2D eigenvalue weighted by molar-refractivity contribution is 6.09. The first-order chi connectivity index (χ1) is 15.5. The Morgan fingerprint density at radius 2 is 1.59 bits per heavy atom. The number of amides is 1. The van der Waals surface area contributed by atoms with Gasteiger partial charge in [-0.05, 0) is 41.0 Å².